The smallest absolute Gasteiger partial charge is 0.338 e. The Hall–Kier alpha value is -1.77. The number of nitrogens with zero attached hydrogens (tertiary/aromatic N) is 1. The zero-order valence-corrected chi connectivity index (χ0v) is 12.8. The molecule has 0 saturated carbocycles. The molecule has 0 bridgehead atoms. The molecular weight excluding hydrogens is 343 g/mol. The number of nitrogens with one attached hydrogen (secondary N) is 1. The predicted octanol–water partition coefficient (Wildman–Crippen LogP) is 2.79. The Morgan fingerprint density at radius 2 is 2.05 bits per heavy atom. The lowest BCUT2D eigenvalue weighted by molar-refractivity contribution is 0.0697. The number of carbonyl (C=O) groups is 1. The van der Waals surface area contributed by atoms with Gasteiger partial charge >= 0.3 is 5.97 Å². The lowest BCUT2D eigenvalue weighted by Crippen LogP contribution is -2.14. The molecule has 0 radical (unpaired) electrons. The van der Waals surface area contributed by atoms with Crippen LogP contribution in [0.5, 0.6) is 0 Å². The molecular formula is C11H8Cl2N2O5S. The number of carboxylic acid groups (broad SMARTS) is 1. The number of hydrogen-bond acceptors (Lipinski definition) is 5. The molecule has 1 heterocycles. The van der Waals surface area contributed by atoms with Crippen LogP contribution in [0.4, 0.5) is 5.88 Å². The van der Waals surface area contributed by atoms with Gasteiger partial charge in [0.25, 0.3) is 10.0 Å². The van der Waals surface area contributed by atoms with Crippen LogP contribution in [0.25, 0.3) is 0 Å². The molecule has 1 aromatic heterocycles. The van der Waals surface area contributed by atoms with Gasteiger partial charge in [0.1, 0.15) is 4.90 Å². The monoisotopic (exact) mass is 350 g/mol. The summed E-state index contributed by atoms with van der Waals surface area (Å²) in [5, 5.41) is 11.9. The molecule has 2 aromatic rings. The molecule has 0 aliphatic rings. The van der Waals surface area contributed by atoms with Crippen LogP contribution in [0.1, 0.15) is 16.1 Å². The average Bonchev–Trinajstić information content (AvgIpc) is 2.72. The van der Waals surface area contributed by atoms with Gasteiger partial charge < -0.3 is 9.63 Å². The third-order valence-electron chi connectivity index (χ3n) is 2.42. The first kappa shape index (κ1) is 15.6. The highest BCUT2D eigenvalue weighted by molar-refractivity contribution is 7.92. The van der Waals surface area contributed by atoms with Gasteiger partial charge in [0.15, 0.2) is 0 Å². The number of halogens is 2. The molecule has 21 heavy (non-hydrogen) atoms. The molecule has 0 spiro atoms. The van der Waals surface area contributed by atoms with E-state index in [1.165, 1.54) is 6.07 Å². The Balaban J connectivity index is 2.50. The fourth-order valence-electron chi connectivity index (χ4n) is 1.54. The summed E-state index contributed by atoms with van der Waals surface area (Å²) >= 11 is 11.5. The highest BCUT2D eigenvalue weighted by atomic mass is 35.5. The van der Waals surface area contributed by atoms with Gasteiger partial charge in [0.2, 0.25) is 5.88 Å². The van der Waals surface area contributed by atoms with Crippen molar-refractivity contribution in [2.24, 2.45) is 0 Å². The van der Waals surface area contributed by atoms with E-state index in [9.17, 15) is 13.2 Å². The molecule has 0 amide bonds. The Kier molecular flexibility index (Phi) is 4.13. The number of aryl methyl sites for hydroxylation is 1. The van der Waals surface area contributed by atoms with Crippen molar-refractivity contribution in [3.63, 3.8) is 0 Å². The summed E-state index contributed by atoms with van der Waals surface area (Å²) in [6, 6.07) is 3.60. The van der Waals surface area contributed by atoms with Crippen LogP contribution in [0.2, 0.25) is 10.0 Å². The molecule has 7 nitrogen and oxygen atoms in total. The lowest BCUT2D eigenvalue weighted by atomic mass is 10.2. The number of sulfonamides is 1. The molecule has 10 heteroatoms. The van der Waals surface area contributed by atoms with Crippen molar-refractivity contribution in [1.29, 1.82) is 0 Å². The van der Waals surface area contributed by atoms with E-state index in [0.717, 1.165) is 12.1 Å². The van der Waals surface area contributed by atoms with E-state index in [4.69, 9.17) is 32.8 Å². The zero-order valence-electron chi connectivity index (χ0n) is 10.4. The van der Waals surface area contributed by atoms with Crippen molar-refractivity contribution in [1.82, 2.24) is 5.16 Å². The average molecular weight is 351 g/mol. The lowest BCUT2D eigenvalue weighted by Gasteiger charge is -2.09. The summed E-state index contributed by atoms with van der Waals surface area (Å²) in [6.45, 7) is 1.61. The second kappa shape index (κ2) is 5.55. The standard InChI is InChI=1S/C11H8Cl2N2O5S/c1-5-4-8(20-14-5)15-21(18,19)7-3-2-6(12)9(10(7)13)11(16)17/h2-4,15H,1H3,(H,16,17). The maximum atomic E-state index is 12.2. The molecule has 0 aliphatic heterocycles. The number of aromatic nitrogens is 1. The first-order valence-electron chi connectivity index (χ1n) is 5.40. The SMILES string of the molecule is Cc1cc(NS(=O)(=O)c2ccc(Cl)c(C(=O)O)c2Cl)on1. The molecule has 0 saturated heterocycles. The number of aromatic carboxylic acids is 1. The number of benzene rings is 1. The second-order valence-electron chi connectivity index (χ2n) is 3.98. The molecule has 0 fully saturated rings. The third kappa shape index (κ3) is 3.12. The van der Waals surface area contributed by atoms with E-state index >= 15 is 0 Å². The van der Waals surface area contributed by atoms with Crippen LogP contribution in [0, 0.1) is 6.92 Å². The van der Waals surface area contributed by atoms with Crippen LogP contribution >= 0.6 is 23.2 Å². The van der Waals surface area contributed by atoms with E-state index in [1.54, 1.807) is 6.92 Å². The van der Waals surface area contributed by atoms with Crippen molar-refractivity contribution < 1.29 is 22.8 Å². The summed E-state index contributed by atoms with van der Waals surface area (Å²) in [7, 11) is -4.14. The van der Waals surface area contributed by atoms with Crippen molar-refractivity contribution in [2.75, 3.05) is 4.72 Å². The maximum Gasteiger partial charge on any atom is 0.338 e. The van der Waals surface area contributed by atoms with Gasteiger partial charge in [0.05, 0.1) is 21.3 Å². The largest absolute Gasteiger partial charge is 0.478 e. The van der Waals surface area contributed by atoms with Crippen LogP contribution in [-0.2, 0) is 10.0 Å². The zero-order chi connectivity index (χ0) is 15.8. The van der Waals surface area contributed by atoms with E-state index in [0.29, 0.717) is 5.69 Å². The minimum atomic E-state index is -4.14. The molecule has 1 aromatic carbocycles. The van der Waals surface area contributed by atoms with Crippen LogP contribution in [0.3, 0.4) is 0 Å². The Labute approximate surface area is 129 Å². The molecule has 0 aliphatic carbocycles. The Bertz CT molecular complexity index is 816. The highest BCUT2D eigenvalue weighted by Crippen LogP contribution is 2.32. The van der Waals surface area contributed by atoms with E-state index in [2.05, 4.69) is 9.88 Å². The number of hydrogen-bond donors (Lipinski definition) is 2. The van der Waals surface area contributed by atoms with Crippen LogP contribution < -0.4 is 4.72 Å². The quantitative estimate of drug-likeness (QED) is 0.877. The van der Waals surface area contributed by atoms with Crippen molar-refractivity contribution in [3.8, 4) is 0 Å². The fraction of sp³-hybridized carbons (Fsp3) is 0.0909. The molecule has 112 valence electrons. The number of anilines is 1. The van der Waals surface area contributed by atoms with Gasteiger partial charge in [-0.1, -0.05) is 28.4 Å². The summed E-state index contributed by atoms with van der Waals surface area (Å²) in [6.07, 6.45) is 0. The Morgan fingerprint density at radius 3 is 2.57 bits per heavy atom. The van der Waals surface area contributed by atoms with Gasteiger partial charge in [-0.05, 0) is 19.1 Å². The topological polar surface area (TPSA) is 110 Å². The first-order chi connectivity index (χ1) is 9.72. The number of rotatable bonds is 4. The van der Waals surface area contributed by atoms with Gasteiger partial charge in [-0.3, -0.25) is 0 Å². The van der Waals surface area contributed by atoms with Crippen molar-refractivity contribution >= 4 is 45.1 Å². The normalized spacial score (nSPS) is 11.4. The van der Waals surface area contributed by atoms with Gasteiger partial charge in [0, 0.05) is 6.07 Å². The van der Waals surface area contributed by atoms with E-state index in [-0.39, 0.29) is 10.9 Å². The van der Waals surface area contributed by atoms with Crippen LogP contribution in [0.15, 0.2) is 27.6 Å². The molecule has 0 unspecified atom stereocenters. The van der Waals surface area contributed by atoms with E-state index < -0.39 is 31.5 Å². The van der Waals surface area contributed by atoms with Gasteiger partial charge in [-0.15, -0.1) is 0 Å². The van der Waals surface area contributed by atoms with E-state index in [1.807, 2.05) is 0 Å². The molecule has 2 rings (SSSR count). The first-order valence-corrected chi connectivity index (χ1v) is 7.63. The van der Waals surface area contributed by atoms with Crippen molar-refractivity contribution in [3.05, 3.63) is 39.5 Å². The fourth-order valence-corrected chi connectivity index (χ4v) is 3.43. The molecule has 0 atom stereocenters. The van der Waals surface area contributed by atoms with Gasteiger partial charge in [-0.25, -0.2) is 17.9 Å². The minimum Gasteiger partial charge on any atom is -0.478 e. The summed E-state index contributed by atoms with van der Waals surface area (Å²) in [5.74, 6) is -1.55. The summed E-state index contributed by atoms with van der Waals surface area (Å²) in [5.41, 5.74) is -0.0175. The summed E-state index contributed by atoms with van der Waals surface area (Å²) < 4.78 is 31.2. The Morgan fingerprint density at radius 1 is 1.38 bits per heavy atom. The maximum absolute atomic E-state index is 12.2. The molecule has 2 N–H and O–H groups in total. The van der Waals surface area contributed by atoms with Gasteiger partial charge in [-0.2, -0.15) is 0 Å². The number of carboxylic acids is 1. The van der Waals surface area contributed by atoms with Crippen LogP contribution in [-0.4, -0.2) is 24.7 Å². The second-order valence-corrected chi connectivity index (χ2v) is 6.41. The van der Waals surface area contributed by atoms with Crippen molar-refractivity contribution in [2.45, 2.75) is 11.8 Å². The third-order valence-corrected chi connectivity index (χ3v) is 4.63. The minimum absolute atomic E-state index is 0.115. The highest BCUT2D eigenvalue weighted by Gasteiger charge is 2.25. The summed E-state index contributed by atoms with van der Waals surface area (Å²) in [4.78, 5) is 10.6. The predicted molar refractivity (Wildman–Crippen MR) is 75.5 cm³/mol.